The number of fused-ring (bicyclic) bond motifs is 2. The Labute approximate surface area is 159 Å². The molecule has 0 saturated heterocycles. The first-order valence-corrected chi connectivity index (χ1v) is 8.63. The van der Waals surface area contributed by atoms with E-state index in [4.69, 9.17) is 4.74 Å². The second kappa shape index (κ2) is 5.99. The lowest BCUT2D eigenvalue weighted by molar-refractivity contribution is 0.101. The molecule has 136 valence electrons. The highest BCUT2D eigenvalue weighted by molar-refractivity contribution is 6.17. The maximum absolute atomic E-state index is 12.8. The molecule has 0 saturated carbocycles. The Bertz CT molecular complexity index is 1270. The van der Waals surface area contributed by atoms with Gasteiger partial charge in [0.2, 0.25) is 5.78 Å². The Morgan fingerprint density at radius 3 is 2.64 bits per heavy atom. The number of carbonyl (C=O) groups is 1. The van der Waals surface area contributed by atoms with Gasteiger partial charge in [0.25, 0.3) is 0 Å². The summed E-state index contributed by atoms with van der Waals surface area (Å²) in [6.07, 6.45) is 5.06. The van der Waals surface area contributed by atoms with Crippen LogP contribution in [0.3, 0.4) is 0 Å². The molecule has 0 atom stereocenters. The number of nitrogens with zero attached hydrogens (tertiary/aromatic N) is 1. The molecule has 0 bridgehead atoms. The number of Topliss-reactive ketones (excluding diaryl/α,β-unsaturated/α-hetero) is 1. The molecule has 0 fully saturated rings. The van der Waals surface area contributed by atoms with Crippen LogP contribution < -0.4 is 4.74 Å². The number of allylic oxidation sites excluding steroid dienone is 1. The first kappa shape index (κ1) is 16.1. The Kier molecular flexibility index (Phi) is 3.45. The number of nitrogens with one attached hydrogen (secondary N) is 1. The van der Waals surface area contributed by atoms with Gasteiger partial charge < -0.3 is 19.9 Å². The first-order chi connectivity index (χ1) is 13.6. The van der Waals surface area contributed by atoms with E-state index in [2.05, 4.69) is 9.97 Å². The van der Waals surface area contributed by atoms with Crippen LogP contribution >= 0.6 is 0 Å². The van der Waals surface area contributed by atoms with Crippen LogP contribution in [0.2, 0.25) is 0 Å². The van der Waals surface area contributed by atoms with E-state index in [0.29, 0.717) is 0 Å². The Morgan fingerprint density at radius 1 is 1.04 bits per heavy atom. The second-order valence-corrected chi connectivity index (χ2v) is 6.47. The van der Waals surface area contributed by atoms with Crippen LogP contribution in [0.4, 0.5) is 0 Å². The number of hydrogen-bond acceptors (Lipinski definition) is 5. The van der Waals surface area contributed by atoms with Crippen molar-refractivity contribution in [3.63, 3.8) is 0 Å². The SMILES string of the molecule is O=C1C(=Cc2c(-c3ccncc3)[nH]c3ccccc23)Oc2cc(O)cc(O)c21. The average Bonchev–Trinajstić information content (AvgIpc) is 3.21. The van der Waals surface area contributed by atoms with Crippen molar-refractivity contribution in [3.8, 4) is 28.5 Å². The molecule has 5 rings (SSSR count). The van der Waals surface area contributed by atoms with Crippen molar-refractivity contribution < 1.29 is 19.7 Å². The van der Waals surface area contributed by atoms with Gasteiger partial charge in [-0.15, -0.1) is 0 Å². The lowest BCUT2D eigenvalue weighted by Crippen LogP contribution is -1.98. The molecule has 1 aliphatic heterocycles. The fraction of sp³-hybridized carbons (Fsp3) is 0. The van der Waals surface area contributed by atoms with Gasteiger partial charge in [0, 0.05) is 46.6 Å². The predicted molar refractivity (Wildman–Crippen MR) is 104 cm³/mol. The van der Waals surface area contributed by atoms with E-state index in [-0.39, 0.29) is 28.6 Å². The number of aromatic amines is 1. The van der Waals surface area contributed by atoms with Crippen LogP contribution in [-0.4, -0.2) is 26.0 Å². The number of ketones is 1. The van der Waals surface area contributed by atoms with Crippen LogP contribution in [0, 0.1) is 0 Å². The minimum absolute atomic E-state index is 0.0503. The standard InChI is InChI=1S/C22H14N2O4/c25-13-9-17(26)20-18(10-13)28-19(22(20)27)11-15-14-3-1-2-4-16(14)24-21(15)12-5-7-23-8-6-12/h1-11,24-26H. The number of benzene rings is 2. The van der Waals surface area contributed by atoms with Crippen molar-refractivity contribution in [1.29, 1.82) is 0 Å². The fourth-order valence-electron chi connectivity index (χ4n) is 3.47. The number of aromatic hydroxyl groups is 2. The third-order valence-corrected chi connectivity index (χ3v) is 4.73. The highest BCUT2D eigenvalue weighted by atomic mass is 16.5. The zero-order valence-electron chi connectivity index (χ0n) is 14.5. The summed E-state index contributed by atoms with van der Waals surface area (Å²) in [7, 11) is 0. The summed E-state index contributed by atoms with van der Waals surface area (Å²) in [6, 6.07) is 14.0. The molecule has 0 spiro atoms. The zero-order chi connectivity index (χ0) is 19.3. The van der Waals surface area contributed by atoms with Crippen LogP contribution in [-0.2, 0) is 0 Å². The molecular formula is C22H14N2O4. The average molecular weight is 370 g/mol. The Morgan fingerprint density at radius 2 is 1.82 bits per heavy atom. The number of phenolic OH excluding ortho intramolecular Hbond substituents is 2. The molecular weight excluding hydrogens is 356 g/mol. The third kappa shape index (κ3) is 2.43. The number of carbonyl (C=O) groups excluding carboxylic acids is 1. The third-order valence-electron chi connectivity index (χ3n) is 4.73. The van der Waals surface area contributed by atoms with E-state index in [1.165, 1.54) is 6.07 Å². The number of aromatic nitrogens is 2. The molecule has 2 aromatic carbocycles. The van der Waals surface area contributed by atoms with Crippen LogP contribution in [0.15, 0.2) is 66.7 Å². The van der Waals surface area contributed by atoms with Gasteiger partial charge in [-0.2, -0.15) is 0 Å². The first-order valence-electron chi connectivity index (χ1n) is 8.63. The van der Waals surface area contributed by atoms with Crippen molar-refractivity contribution in [3.05, 3.63) is 77.8 Å². The molecule has 2 aromatic heterocycles. The molecule has 0 unspecified atom stereocenters. The maximum Gasteiger partial charge on any atom is 0.235 e. The number of phenols is 2. The number of pyridine rings is 1. The minimum atomic E-state index is -0.432. The van der Waals surface area contributed by atoms with Crippen molar-refractivity contribution >= 4 is 22.8 Å². The van der Waals surface area contributed by atoms with E-state index < -0.39 is 5.78 Å². The Hall–Kier alpha value is -4.06. The lowest BCUT2D eigenvalue weighted by Gasteiger charge is -2.02. The molecule has 6 nitrogen and oxygen atoms in total. The summed E-state index contributed by atoms with van der Waals surface area (Å²) in [6.45, 7) is 0. The van der Waals surface area contributed by atoms with Crippen LogP contribution in [0.25, 0.3) is 28.2 Å². The molecule has 3 N–H and O–H groups in total. The van der Waals surface area contributed by atoms with Gasteiger partial charge in [-0.05, 0) is 24.3 Å². The molecule has 1 aliphatic rings. The monoisotopic (exact) mass is 370 g/mol. The van der Waals surface area contributed by atoms with Gasteiger partial charge in [0.05, 0.1) is 5.69 Å². The van der Waals surface area contributed by atoms with E-state index in [1.807, 2.05) is 36.4 Å². The van der Waals surface area contributed by atoms with Gasteiger partial charge in [-0.1, -0.05) is 18.2 Å². The molecule has 0 amide bonds. The predicted octanol–water partition coefficient (Wildman–Crippen LogP) is 4.26. The molecule has 3 heterocycles. The van der Waals surface area contributed by atoms with Gasteiger partial charge in [0.15, 0.2) is 5.76 Å². The second-order valence-electron chi connectivity index (χ2n) is 6.47. The topological polar surface area (TPSA) is 95.4 Å². The number of hydrogen-bond donors (Lipinski definition) is 3. The van der Waals surface area contributed by atoms with Gasteiger partial charge in [-0.25, -0.2) is 0 Å². The normalized spacial score (nSPS) is 14.4. The highest BCUT2D eigenvalue weighted by Gasteiger charge is 2.32. The maximum atomic E-state index is 12.8. The summed E-state index contributed by atoms with van der Waals surface area (Å²) in [5.74, 6) is -0.694. The fourth-order valence-corrected chi connectivity index (χ4v) is 3.47. The summed E-state index contributed by atoms with van der Waals surface area (Å²) in [5.41, 5.74) is 3.51. The van der Waals surface area contributed by atoms with Crippen LogP contribution in [0.1, 0.15) is 15.9 Å². The Balaban J connectivity index is 1.70. The largest absolute Gasteiger partial charge is 0.508 e. The molecule has 0 aliphatic carbocycles. The number of rotatable bonds is 2. The summed E-state index contributed by atoms with van der Waals surface area (Å²) >= 11 is 0. The highest BCUT2D eigenvalue weighted by Crippen LogP contribution is 2.41. The summed E-state index contributed by atoms with van der Waals surface area (Å²) in [4.78, 5) is 20.2. The lowest BCUT2D eigenvalue weighted by atomic mass is 10.0. The number of H-pyrrole nitrogens is 1. The summed E-state index contributed by atoms with van der Waals surface area (Å²) in [5, 5.41) is 20.6. The minimum Gasteiger partial charge on any atom is -0.508 e. The molecule has 6 heteroatoms. The van der Waals surface area contributed by atoms with Gasteiger partial charge in [-0.3, -0.25) is 9.78 Å². The number of ether oxygens (including phenoxy) is 1. The molecule has 28 heavy (non-hydrogen) atoms. The molecule has 0 radical (unpaired) electrons. The van der Waals surface area contributed by atoms with Crippen LogP contribution in [0.5, 0.6) is 17.2 Å². The zero-order valence-corrected chi connectivity index (χ0v) is 14.5. The quantitative estimate of drug-likeness (QED) is 0.458. The van der Waals surface area contributed by atoms with Gasteiger partial charge >= 0.3 is 0 Å². The van der Waals surface area contributed by atoms with E-state index in [0.717, 1.165) is 33.8 Å². The molecule has 4 aromatic rings. The van der Waals surface area contributed by atoms with E-state index >= 15 is 0 Å². The van der Waals surface area contributed by atoms with Crippen molar-refractivity contribution in [2.45, 2.75) is 0 Å². The van der Waals surface area contributed by atoms with Gasteiger partial charge in [0.1, 0.15) is 22.8 Å². The number of para-hydroxylation sites is 1. The summed E-state index contributed by atoms with van der Waals surface area (Å²) < 4.78 is 5.66. The van der Waals surface area contributed by atoms with Crippen molar-refractivity contribution in [2.24, 2.45) is 0 Å². The van der Waals surface area contributed by atoms with Crippen molar-refractivity contribution in [2.75, 3.05) is 0 Å². The van der Waals surface area contributed by atoms with E-state index in [9.17, 15) is 15.0 Å². The van der Waals surface area contributed by atoms with E-state index in [1.54, 1.807) is 18.5 Å². The smallest absolute Gasteiger partial charge is 0.235 e. The van der Waals surface area contributed by atoms with Crippen molar-refractivity contribution in [1.82, 2.24) is 9.97 Å².